The Kier molecular flexibility index (Phi) is 6.18. The van der Waals surface area contributed by atoms with Crippen LogP contribution in [0.1, 0.15) is 11.3 Å². The molecule has 1 aromatic heterocycles. The number of furan rings is 1. The first-order valence-corrected chi connectivity index (χ1v) is 7.74. The fourth-order valence-corrected chi connectivity index (χ4v) is 2.18. The standard InChI is InChI=1S/C16H10BrClN2O4/c17-14-5-3-12(24-14)4-6-16(22)23-9-15(21)20-11-2-1-10(8-19)13(18)7-11/h1-7H,9H2,(H,20,21)/b6-4+. The molecule has 24 heavy (non-hydrogen) atoms. The number of nitrogens with one attached hydrogen (secondary N) is 1. The van der Waals surface area contributed by atoms with Crippen LogP contribution in [-0.2, 0) is 14.3 Å². The fraction of sp³-hybridized carbons (Fsp3) is 0.0625. The zero-order chi connectivity index (χ0) is 17.5. The van der Waals surface area contributed by atoms with Crippen LogP contribution in [0, 0.1) is 11.3 Å². The van der Waals surface area contributed by atoms with Crippen molar-refractivity contribution >= 4 is 51.2 Å². The summed E-state index contributed by atoms with van der Waals surface area (Å²) in [6.45, 7) is -0.456. The van der Waals surface area contributed by atoms with Crippen molar-refractivity contribution in [1.82, 2.24) is 0 Å². The average Bonchev–Trinajstić information content (AvgIpc) is 2.96. The van der Waals surface area contributed by atoms with Crippen LogP contribution in [0.5, 0.6) is 0 Å². The first kappa shape index (κ1) is 17.8. The van der Waals surface area contributed by atoms with Crippen LogP contribution < -0.4 is 5.32 Å². The van der Waals surface area contributed by atoms with E-state index in [4.69, 9.17) is 26.0 Å². The molecule has 0 atom stereocenters. The highest BCUT2D eigenvalue weighted by atomic mass is 79.9. The third-order valence-corrected chi connectivity index (χ3v) is 3.44. The van der Waals surface area contributed by atoms with Crippen LogP contribution in [0.3, 0.4) is 0 Å². The van der Waals surface area contributed by atoms with Crippen LogP contribution in [0.2, 0.25) is 5.02 Å². The second-order valence-corrected chi connectivity index (χ2v) is 5.63. The Balaban J connectivity index is 1.82. The van der Waals surface area contributed by atoms with Gasteiger partial charge in [-0.15, -0.1) is 0 Å². The van der Waals surface area contributed by atoms with Crippen molar-refractivity contribution in [2.24, 2.45) is 0 Å². The number of nitrogens with zero attached hydrogens (tertiary/aromatic N) is 1. The summed E-state index contributed by atoms with van der Waals surface area (Å²) in [6.07, 6.45) is 2.57. The number of anilines is 1. The molecule has 0 saturated carbocycles. The summed E-state index contributed by atoms with van der Waals surface area (Å²) in [4.78, 5) is 23.2. The Morgan fingerprint density at radius 3 is 2.79 bits per heavy atom. The van der Waals surface area contributed by atoms with E-state index < -0.39 is 18.5 Å². The summed E-state index contributed by atoms with van der Waals surface area (Å²) < 4.78 is 10.5. The van der Waals surface area contributed by atoms with Gasteiger partial charge in [0.05, 0.1) is 10.6 Å². The Morgan fingerprint density at radius 2 is 2.17 bits per heavy atom. The Hall–Kier alpha value is -2.56. The Bertz CT molecular complexity index is 839. The summed E-state index contributed by atoms with van der Waals surface area (Å²) in [5.41, 5.74) is 0.701. The fourth-order valence-electron chi connectivity index (χ4n) is 1.63. The third kappa shape index (κ3) is 5.26. The molecular formula is C16H10BrClN2O4. The SMILES string of the molecule is N#Cc1ccc(NC(=O)COC(=O)/C=C/c2ccc(Br)o2)cc1Cl. The minimum atomic E-state index is -0.685. The number of hydrogen-bond acceptors (Lipinski definition) is 5. The lowest BCUT2D eigenvalue weighted by molar-refractivity contribution is -0.142. The molecule has 0 radical (unpaired) electrons. The van der Waals surface area contributed by atoms with Gasteiger partial charge in [0.2, 0.25) is 0 Å². The number of carbonyl (C=O) groups is 2. The Labute approximate surface area is 150 Å². The van der Waals surface area contributed by atoms with E-state index in [1.165, 1.54) is 24.3 Å². The third-order valence-electron chi connectivity index (χ3n) is 2.70. The van der Waals surface area contributed by atoms with Crippen molar-refractivity contribution in [2.75, 3.05) is 11.9 Å². The van der Waals surface area contributed by atoms with Gasteiger partial charge in [0, 0.05) is 11.8 Å². The van der Waals surface area contributed by atoms with Gasteiger partial charge in [-0.2, -0.15) is 5.26 Å². The van der Waals surface area contributed by atoms with Crippen LogP contribution in [0.4, 0.5) is 5.69 Å². The van der Waals surface area contributed by atoms with E-state index in [0.29, 0.717) is 21.7 Å². The lowest BCUT2D eigenvalue weighted by atomic mass is 10.2. The van der Waals surface area contributed by atoms with Crippen molar-refractivity contribution in [1.29, 1.82) is 5.26 Å². The predicted molar refractivity (Wildman–Crippen MR) is 91.2 cm³/mol. The van der Waals surface area contributed by atoms with Gasteiger partial charge >= 0.3 is 5.97 Å². The molecule has 0 spiro atoms. The maximum atomic E-state index is 11.7. The molecular weight excluding hydrogens is 400 g/mol. The van der Waals surface area contributed by atoms with Crippen LogP contribution in [0.25, 0.3) is 6.08 Å². The molecule has 0 aliphatic rings. The highest BCUT2D eigenvalue weighted by molar-refractivity contribution is 9.10. The lowest BCUT2D eigenvalue weighted by Crippen LogP contribution is -2.20. The van der Waals surface area contributed by atoms with Gasteiger partial charge in [0.25, 0.3) is 5.91 Å². The van der Waals surface area contributed by atoms with E-state index in [-0.39, 0.29) is 5.02 Å². The topological polar surface area (TPSA) is 92.3 Å². The van der Waals surface area contributed by atoms with Gasteiger partial charge in [-0.05, 0) is 52.3 Å². The molecule has 6 nitrogen and oxygen atoms in total. The zero-order valence-electron chi connectivity index (χ0n) is 12.1. The number of esters is 1. The van der Waals surface area contributed by atoms with Crippen molar-refractivity contribution in [3.8, 4) is 6.07 Å². The molecule has 2 rings (SSSR count). The molecule has 1 amide bonds. The second kappa shape index (κ2) is 8.34. The molecule has 1 N–H and O–H groups in total. The molecule has 1 heterocycles. The molecule has 122 valence electrons. The quantitative estimate of drug-likeness (QED) is 0.599. The second-order valence-electron chi connectivity index (χ2n) is 4.44. The van der Waals surface area contributed by atoms with Gasteiger partial charge in [-0.3, -0.25) is 4.79 Å². The molecule has 0 saturated heterocycles. The number of hydrogen-bond donors (Lipinski definition) is 1. The number of nitriles is 1. The van der Waals surface area contributed by atoms with E-state index in [1.54, 1.807) is 12.1 Å². The summed E-state index contributed by atoms with van der Waals surface area (Å²) in [5.74, 6) is -0.746. The Morgan fingerprint density at radius 1 is 1.38 bits per heavy atom. The molecule has 0 aliphatic heterocycles. The van der Waals surface area contributed by atoms with Crippen molar-refractivity contribution in [2.45, 2.75) is 0 Å². The predicted octanol–water partition coefficient (Wildman–Crippen LogP) is 3.76. The minimum Gasteiger partial charge on any atom is -0.452 e. The molecule has 8 heteroatoms. The van der Waals surface area contributed by atoms with Gasteiger partial charge in [-0.25, -0.2) is 4.79 Å². The lowest BCUT2D eigenvalue weighted by Gasteiger charge is -2.06. The number of amides is 1. The van der Waals surface area contributed by atoms with Gasteiger partial charge in [0.15, 0.2) is 11.3 Å². The number of rotatable bonds is 5. The molecule has 1 aromatic carbocycles. The molecule has 2 aromatic rings. The molecule has 0 fully saturated rings. The van der Waals surface area contributed by atoms with Crippen LogP contribution in [-0.4, -0.2) is 18.5 Å². The van der Waals surface area contributed by atoms with Crippen molar-refractivity contribution in [3.63, 3.8) is 0 Å². The minimum absolute atomic E-state index is 0.222. The van der Waals surface area contributed by atoms with E-state index in [2.05, 4.69) is 21.2 Å². The summed E-state index contributed by atoms with van der Waals surface area (Å²) in [7, 11) is 0. The van der Waals surface area contributed by atoms with E-state index in [1.807, 2.05) is 6.07 Å². The molecule has 0 bridgehead atoms. The van der Waals surface area contributed by atoms with Gasteiger partial charge in [0.1, 0.15) is 11.8 Å². The highest BCUT2D eigenvalue weighted by Crippen LogP contribution is 2.20. The van der Waals surface area contributed by atoms with Crippen molar-refractivity contribution < 1.29 is 18.7 Å². The normalized spacial score (nSPS) is 10.4. The van der Waals surface area contributed by atoms with E-state index in [9.17, 15) is 9.59 Å². The first-order chi connectivity index (χ1) is 11.5. The van der Waals surface area contributed by atoms with Gasteiger partial charge in [-0.1, -0.05) is 11.6 Å². The smallest absolute Gasteiger partial charge is 0.331 e. The van der Waals surface area contributed by atoms with Crippen molar-refractivity contribution in [3.05, 3.63) is 57.4 Å². The monoisotopic (exact) mass is 408 g/mol. The number of carbonyl (C=O) groups excluding carboxylic acids is 2. The largest absolute Gasteiger partial charge is 0.452 e. The van der Waals surface area contributed by atoms with Gasteiger partial charge < -0.3 is 14.5 Å². The summed E-state index contributed by atoms with van der Waals surface area (Å²) in [6, 6.07) is 9.70. The van der Waals surface area contributed by atoms with Crippen LogP contribution in [0.15, 0.2) is 45.5 Å². The number of ether oxygens (including phenoxy) is 1. The molecule has 0 unspecified atom stereocenters. The summed E-state index contributed by atoms with van der Waals surface area (Å²) in [5, 5.41) is 11.5. The summed E-state index contributed by atoms with van der Waals surface area (Å²) >= 11 is 9.00. The maximum absolute atomic E-state index is 11.7. The first-order valence-electron chi connectivity index (χ1n) is 6.57. The van der Waals surface area contributed by atoms with Crippen LogP contribution >= 0.6 is 27.5 Å². The number of benzene rings is 1. The zero-order valence-corrected chi connectivity index (χ0v) is 14.4. The van der Waals surface area contributed by atoms with E-state index in [0.717, 1.165) is 6.08 Å². The number of halogens is 2. The van der Waals surface area contributed by atoms with E-state index >= 15 is 0 Å². The average molecular weight is 410 g/mol. The highest BCUT2D eigenvalue weighted by Gasteiger charge is 2.08. The maximum Gasteiger partial charge on any atom is 0.331 e. The molecule has 0 aliphatic carbocycles.